The summed E-state index contributed by atoms with van der Waals surface area (Å²) in [4.78, 5) is 29.2. The Morgan fingerprint density at radius 2 is 1.96 bits per heavy atom. The maximum absolute atomic E-state index is 12.9. The molecule has 0 atom stereocenters. The van der Waals surface area contributed by atoms with Gasteiger partial charge in [0.05, 0.1) is 18.4 Å². The van der Waals surface area contributed by atoms with Gasteiger partial charge in [-0.3, -0.25) is 14.9 Å². The molecule has 1 aromatic heterocycles. The molecule has 0 spiro atoms. The Kier molecular flexibility index (Phi) is 4.94. The van der Waals surface area contributed by atoms with Crippen LogP contribution in [0.4, 0.5) is 5.69 Å². The van der Waals surface area contributed by atoms with Gasteiger partial charge in [-0.25, -0.2) is 9.48 Å². The van der Waals surface area contributed by atoms with Crippen LogP contribution in [0.15, 0.2) is 52.3 Å². The van der Waals surface area contributed by atoms with E-state index in [4.69, 9.17) is 4.74 Å². The predicted molar refractivity (Wildman–Crippen MR) is 103 cm³/mol. The molecular weight excluding hydrogens is 346 g/mol. The molecule has 0 amide bonds. The minimum absolute atomic E-state index is 0.0124. The molecule has 0 aliphatic rings. The summed E-state index contributed by atoms with van der Waals surface area (Å²) in [5, 5.41) is 12.6. The van der Waals surface area contributed by atoms with Crippen LogP contribution in [0, 0.1) is 13.8 Å². The lowest BCUT2D eigenvalue weighted by Gasteiger charge is -2.06. The van der Waals surface area contributed by atoms with E-state index >= 15 is 0 Å². The van der Waals surface area contributed by atoms with Crippen molar-refractivity contribution in [1.82, 2.24) is 9.78 Å². The molecule has 3 aromatic rings. The van der Waals surface area contributed by atoms with E-state index in [-0.39, 0.29) is 22.7 Å². The van der Waals surface area contributed by atoms with Gasteiger partial charge in [0.1, 0.15) is 11.4 Å². The first-order valence-corrected chi connectivity index (χ1v) is 8.25. The van der Waals surface area contributed by atoms with Crippen LogP contribution in [-0.4, -0.2) is 34.2 Å². The highest BCUT2D eigenvalue weighted by Gasteiger charge is 2.21. The highest BCUT2D eigenvalue weighted by atomic mass is 16.5. The van der Waals surface area contributed by atoms with Gasteiger partial charge in [-0.15, -0.1) is 0 Å². The van der Waals surface area contributed by atoms with Crippen molar-refractivity contribution in [1.29, 1.82) is 0 Å². The number of aromatic amines is 1. The second-order valence-corrected chi connectivity index (χ2v) is 6.07. The molecule has 0 aliphatic carbocycles. The third-order valence-electron chi connectivity index (χ3n) is 4.12. The smallest absolute Gasteiger partial charge is 0.356 e. The summed E-state index contributed by atoms with van der Waals surface area (Å²) in [6.45, 7) is 3.84. The number of hydrogen-bond donors (Lipinski definition) is 2. The minimum Gasteiger partial charge on any atom is -0.506 e. The number of phenolic OH excluding ortho intramolecular Hbond substituents is 1. The number of aromatic nitrogens is 2. The summed E-state index contributed by atoms with van der Waals surface area (Å²) in [6.07, 6.45) is 1.25. The van der Waals surface area contributed by atoms with E-state index in [1.807, 2.05) is 26.0 Å². The highest BCUT2D eigenvalue weighted by Crippen LogP contribution is 2.24. The SMILES string of the molecule is COC(=O)c1[nH]n(-c2ccc(C)cc2C)c(=O)c1C=Nc1ccccc1O. The van der Waals surface area contributed by atoms with E-state index in [0.29, 0.717) is 5.69 Å². The highest BCUT2D eigenvalue weighted by molar-refractivity contribution is 5.98. The Hall–Kier alpha value is -3.61. The second kappa shape index (κ2) is 7.33. The van der Waals surface area contributed by atoms with E-state index < -0.39 is 11.5 Å². The fourth-order valence-corrected chi connectivity index (χ4v) is 2.76. The number of H-pyrrole nitrogens is 1. The number of aromatic hydroxyl groups is 1. The molecule has 7 heteroatoms. The van der Waals surface area contributed by atoms with Crippen molar-refractivity contribution in [2.24, 2.45) is 4.99 Å². The second-order valence-electron chi connectivity index (χ2n) is 6.07. The summed E-state index contributed by atoms with van der Waals surface area (Å²) < 4.78 is 6.06. The van der Waals surface area contributed by atoms with Crippen LogP contribution in [0.2, 0.25) is 0 Å². The Balaban J connectivity index is 2.15. The van der Waals surface area contributed by atoms with Gasteiger partial charge < -0.3 is 9.84 Å². The van der Waals surface area contributed by atoms with E-state index in [1.54, 1.807) is 24.3 Å². The van der Waals surface area contributed by atoms with Gasteiger partial charge in [-0.2, -0.15) is 0 Å². The van der Waals surface area contributed by atoms with Gasteiger partial charge in [0.15, 0.2) is 5.69 Å². The number of nitrogens with zero attached hydrogens (tertiary/aromatic N) is 2. The molecule has 0 unspecified atom stereocenters. The molecule has 0 radical (unpaired) electrons. The lowest BCUT2D eigenvalue weighted by Crippen LogP contribution is -2.18. The maximum Gasteiger partial charge on any atom is 0.356 e. The summed E-state index contributed by atoms with van der Waals surface area (Å²) in [5.41, 5.74) is 2.43. The van der Waals surface area contributed by atoms with Gasteiger partial charge in [0.25, 0.3) is 5.56 Å². The number of rotatable bonds is 4. The van der Waals surface area contributed by atoms with Gasteiger partial charge in [0, 0.05) is 6.21 Å². The first kappa shape index (κ1) is 18.2. The first-order valence-electron chi connectivity index (χ1n) is 8.25. The summed E-state index contributed by atoms with van der Waals surface area (Å²) in [6, 6.07) is 12.1. The average Bonchev–Trinajstić information content (AvgIpc) is 2.97. The van der Waals surface area contributed by atoms with Crippen molar-refractivity contribution in [3.05, 3.63) is 75.2 Å². The molecule has 3 rings (SSSR count). The van der Waals surface area contributed by atoms with E-state index in [1.165, 1.54) is 24.1 Å². The molecule has 0 aliphatic heterocycles. The van der Waals surface area contributed by atoms with Crippen molar-refractivity contribution in [3.8, 4) is 11.4 Å². The molecule has 0 saturated carbocycles. The number of methoxy groups -OCH3 is 1. The monoisotopic (exact) mass is 365 g/mol. The summed E-state index contributed by atoms with van der Waals surface area (Å²) in [7, 11) is 1.24. The Morgan fingerprint density at radius 3 is 2.63 bits per heavy atom. The number of para-hydroxylation sites is 2. The zero-order valence-electron chi connectivity index (χ0n) is 15.2. The largest absolute Gasteiger partial charge is 0.506 e. The topological polar surface area (TPSA) is 96.7 Å². The van der Waals surface area contributed by atoms with Gasteiger partial charge >= 0.3 is 5.97 Å². The van der Waals surface area contributed by atoms with Gasteiger partial charge in [-0.1, -0.05) is 29.8 Å². The van der Waals surface area contributed by atoms with Crippen molar-refractivity contribution < 1.29 is 14.6 Å². The fourth-order valence-electron chi connectivity index (χ4n) is 2.76. The average molecular weight is 365 g/mol. The molecule has 1 heterocycles. The van der Waals surface area contributed by atoms with Crippen LogP contribution < -0.4 is 5.56 Å². The van der Waals surface area contributed by atoms with E-state index in [9.17, 15) is 14.7 Å². The standard InChI is InChI=1S/C20H19N3O4/c1-12-8-9-16(13(2)10-12)23-19(25)14(18(22-23)20(26)27-3)11-21-15-6-4-5-7-17(15)24/h4-11,22,24H,1-3H3. The van der Waals surface area contributed by atoms with Crippen LogP contribution >= 0.6 is 0 Å². The number of esters is 1. The quantitative estimate of drug-likeness (QED) is 0.549. The van der Waals surface area contributed by atoms with Gasteiger partial charge in [0.2, 0.25) is 0 Å². The van der Waals surface area contributed by atoms with Crippen LogP contribution in [0.25, 0.3) is 5.69 Å². The first-order chi connectivity index (χ1) is 12.9. The number of phenols is 1. The van der Waals surface area contributed by atoms with Gasteiger partial charge in [-0.05, 0) is 37.6 Å². The molecule has 0 bridgehead atoms. The normalized spacial score (nSPS) is 11.1. The van der Waals surface area contributed by atoms with Crippen molar-refractivity contribution >= 4 is 17.9 Å². The van der Waals surface area contributed by atoms with Crippen molar-refractivity contribution in [3.63, 3.8) is 0 Å². The summed E-state index contributed by atoms with van der Waals surface area (Å²) >= 11 is 0. The number of aliphatic imine (C=N–C) groups is 1. The number of carbonyl (C=O) groups is 1. The molecule has 0 saturated heterocycles. The summed E-state index contributed by atoms with van der Waals surface area (Å²) in [5.74, 6) is -0.715. The maximum atomic E-state index is 12.9. The zero-order valence-corrected chi connectivity index (χ0v) is 15.2. The van der Waals surface area contributed by atoms with Crippen LogP contribution in [0.3, 0.4) is 0 Å². The molecule has 2 N–H and O–H groups in total. The number of aryl methyl sites for hydroxylation is 2. The lowest BCUT2D eigenvalue weighted by molar-refractivity contribution is 0.0593. The van der Waals surface area contributed by atoms with E-state index in [2.05, 4.69) is 10.1 Å². The molecular formula is C20H19N3O4. The Morgan fingerprint density at radius 1 is 1.22 bits per heavy atom. The number of nitrogens with one attached hydrogen (secondary N) is 1. The predicted octanol–water partition coefficient (Wildman–Crippen LogP) is 3.03. The Labute approximate surface area is 155 Å². The number of hydrogen-bond acceptors (Lipinski definition) is 5. The third-order valence-corrected chi connectivity index (χ3v) is 4.12. The third kappa shape index (κ3) is 3.52. The van der Waals surface area contributed by atoms with Crippen molar-refractivity contribution in [2.45, 2.75) is 13.8 Å². The minimum atomic E-state index is -0.686. The molecule has 27 heavy (non-hydrogen) atoms. The molecule has 138 valence electrons. The molecule has 7 nitrogen and oxygen atoms in total. The van der Waals surface area contributed by atoms with E-state index in [0.717, 1.165) is 11.1 Å². The lowest BCUT2D eigenvalue weighted by atomic mass is 10.1. The number of carbonyl (C=O) groups excluding carboxylic acids is 1. The molecule has 0 fully saturated rings. The van der Waals surface area contributed by atoms with Crippen LogP contribution in [0.5, 0.6) is 5.75 Å². The fraction of sp³-hybridized carbons (Fsp3) is 0.150. The Bertz CT molecular complexity index is 1090. The van der Waals surface area contributed by atoms with Crippen LogP contribution in [-0.2, 0) is 4.74 Å². The van der Waals surface area contributed by atoms with Crippen molar-refractivity contribution in [2.75, 3.05) is 7.11 Å². The van der Waals surface area contributed by atoms with Crippen LogP contribution in [0.1, 0.15) is 27.2 Å². The number of benzene rings is 2. The molecule has 2 aromatic carbocycles. The number of ether oxygens (including phenoxy) is 1. The zero-order chi connectivity index (χ0) is 19.6.